The zero-order valence-corrected chi connectivity index (χ0v) is 24.5. The highest BCUT2D eigenvalue weighted by Gasteiger charge is 2.52. The van der Waals surface area contributed by atoms with Crippen LogP contribution >= 0.6 is 0 Å². The van der Waals surface area contributed by atoms with E-state index >= 15 is 0 Å². The summed E-state index contributed by atoms with van der Waals surface area (Å²) in [5.41, 5.74) is 17.1. The van der Waals surface area contributed by atoms with Crippen molar-refractivity contribution >= 4 is 17.7 Å². The fourth-order valence-corrected chi connectivity index (χ4v) is 7.25. The monoisotopic (exact) mass is 549 g/mol. The van der Waals surface area contributed by atoms with E-state index in [2.05, 4.69) is 141 Å². The highest BCUT2D eigenvalue weighted by molar-refractivity contribution is 5.99. The molecule has 1 heteroatoms. The molecule has 1 spiro atoms. The van der Waals surface area contributed by atoms with Crippen molar-refractivity contribution in [1.82, 2.24) is 0 Å². The van der Waals surface area contributed by atoms with Gasteiger partial charge in [-0.25, -0.2) is 0 Å². The summed E-state index contributed by atoms with van der Waals surface area (Å²) < 4.78 is 0. The first-order valence-corrected chi connectivity index (χ1v) is 14.7. The van der Waals surface area contributed by atoms with E-state index in [1.54, 1.807) is 6.92 Å². The molecule has 0 bridgehead atoms. The maximum atomic E-state index is 9.18. The molecule has 0 aromatic heterocycles. The van der Waals surface area contributed by atoms with Crippen LogP contribution in [0.4, 0.5) is 0 Å². The van der Waals surface area contributed by atoms with Gasteiger partial charge < -0.3 is 0 Å². The third kappa shape index (κ3) is 3.77. The topological polar surface area (TPSA) is 23.8 Å². The second-order valence-corrected chi connectivity index (χ2v) is 11.3. The fourth-order valence-electron chi connectivity index (χ4n) is 7.25. The zero-order valence-electron chi connectivity index (χ0n) is 24.5. The Balaban J connectivity index is 1.50. The number of nitriles is 1. The van der Waals surface area contributed by atoms with Crippen molar-refractivity contribution in [3.63, 3.8) is 0 Å². The highest BCUT2D eigenvalue weighted by Crippen LogP contribution is 2.63. The van der Waals surface area contributed by atoms with Crippen molar-refractivity contribution in [2.24, 2.45) is 0 Å². The average Bonchev–Trinajstić information content (AvgIpc) is 3.52. The van der Waals surface area contributed by atoms with Crippen molar-refractivity contribution in [1.29, 1.82) is 5.26 Å². The Morgan fingerprint density at radius 1 is 0.744 bits per heavy atom. The number of fused-ring (bicyclic) bond motifs is 10. The number of nitrogens with zero attached hydrogens (tertiary/aromatic N) is 1. The van der Waals surface area contributed by atoms with Crippen molar-refractivity contribution in [2.75, 3.05) is 0 Å². The molecule has 0 atom stereocenters. The lowest BCUT2D eigenvalue weighted by Crippen LogP contribution is -2.26. The molecule has 0 heterocycles. The predicted octanol–water partition coefficient (Wildman–Crippen LogP) is 10.9. The van der Waals surface area contributed by atoms with Gasteiger partial charge in [-0.15, -0.1) is 0 Å². The highest BCUT2D eigenvalue weighted by atomic mass is 14.5. The molecule has 0 N–H and O–H groups in total. The van der Waals surface area contributed by atoms with Crippen LogP contribution < -0.4 is 0 Å². The van der Waals surface area contributed by atoms with Crippen molar-refractivity contribution < 1.29 is 0 Å². The Morgan fingerprint density at radius 3 is 2.02 bits per heavy atom. The van der Waals surface area contributed by atoms with Gasteiger partial charge in [-0.3, -0.25) is 0 Å². The Hall–Kier alpha value is -5.45. The van der Waals surface area contributed by atoms with E-state index < -0.39 is 5.41 Å². The van der Waals surface area contributed by atoms with Crippen LogP contribution in [-0.4, -0.2) is 0 Å². The van der Waals surface area contributed by atoms with Gasteiger partial charge in [-0.05, 0) is 104 Å². The van der Waals surface area contributed by atoms with Crippen molar-refractivity contribution in [3.05, 3.63) is 173 Å². The number of rotatable bonds is 5. The molecular weight excluding hydrogens is 518 g/mol. The molecule has 204 valence electrons. The van der Waals surface area contributed by atoms with E-state index in [0.717, 1.165) is 16.7 Å². The molecule has 0 fully saturated rings. The molecule has 5 aromatic rings. The van der Waals surface area contributed by atoms with Gasteiger partial charge in [0, 0.05) is 5.57 Å². The third-order valence-electron chi connectivity index (χ3n) is 9.03. The largest absolute Gasteiger partial charge is 0.193 e. The minimum atomic E-state index is -0.423. The van der Waals surface area contributed by atoms with Gasteiger partial charge in [0.2, 0.25) is 0 Å². The Kier molecular flexibility index (Phi) is 6.23. The Labute approximate surface area is 254 Å². The van der Waals surface area contributed by atoms with E-state index in [0.29, 0.717) is 5.57 Å². The van der Waals surface area contributed by atoms with Crippen LogP contribution in [0.1, 0.15) is 52.8 Å². The molecule has 2 aliphatic carbocycles. The van der Waals surface area contributed by atoms with Crippen LogP contribution in [0.5, 0.6) is 0 Å². The molecule has 0 amide bonds. The summed E-state index contributed by atoms with van der Waals surface area (Å²) in [6, 6.07) is 40.0. The Morgan fingerprint density at radius 2 is 1.40 bits per heavy atom. The van der Waals surface area contributed by atoms with Crippen LogP contribution in [-0.2, 0) is 5.41 Å². The molecule has 0 radical (unpaired) electrons. The summed E-state index contributed by atoms with van der Waals surface area (Å²) in [4.78, 5) is 0. The second kappa shape index (κ2) is 10.1. The van der Waals surface area contributed by atoms with E-state index in [4.69, 9.17) is 0 Å². The third-order valence-corrected chi connectivity index (χ3v) is 9.03. The number of hydrogen-bond donors (Lipinski definition) is 0. The molecule has 7 rings (SSSR count). The van der Waals surface area contributed by atoms with Crippen LogP contribution in [0.15, 0.2) is 134 Å². The molecule has 0 saturated carbocycles. The predicted molar refractivity (Wildman–Crippen MR) is 181 cm³/mol. The van der Waals surface area contributed by atoms with Crippen LogP contribution in [0.2, 0.25) is 0 Å². The number of hydrogen-bond acceptors (Lipinski definition) is 1. The van der Waals surface area contributed by atoms with E-state index in [9.17, 15) is 5.26 Å². The zero-order chi connectivity index (χ0) is 29.7. The summed E-state index contributed by atoms with van der Waals surface area (Å²) in [7, 11) is 0. The number of allylic oxidation sites excluding steroid dienone is 4. The maximum Gasteiger partial charge on any atom is 0.0944 e. The Bertz CT molecular complexity index is 2030. The first-order chi connectivity index (χ1) is 21.0. The molecule has 43 heavy (non-hydrogen) atoms. The van der Waals surface area contributed by atoms with Gasteiger partial charge in [0.25, 0.3) is 0 Å². The van der Waals surface area contributed by atoms with Gasteiger partial charge in [0.15, 0.2) is 0 Å². The summed E-state index contributed by atoms with van der Waals surface area (Å²) in [6.45, 7) is 12.3. The lowest BCUT2D eigenvalue weighted by atomic mass is 9.70. The molecular formula is C42H31N. The summed E-state index contributed by atoms with van der Waals surface area (Å²) in [5, 5.41) is 9.18. The van der Waals surface area contributed by atoms with E-state index in [1.165, 1.54) is 61.2 Å². The van der Waals surface area contributed by atoms with Gasteiger partial charge in [0.05, 0.1) is 11.5 Å². The molecule has 5 aromatic carbocycles. The second-order valence-electron chi connectivity index (χ2n) is 11.3. The molecule has 0 saturated heterocycles. The van der Waals surface area contributed by atoms with Gasteiger partial charge >= 0.3 is 0 Å². The van der Waals surface area contributed by atoms with Gasteiger partial charge in [-0.1, -0.05) is 128 Å². The summed E-state index contributed by atoms with van der Waals surface area (Å²) in [5.74, 6) is 0. The lowest BCUT2D eigenvalue weighted by molar-refractivity contribution is 0.794. The van der Waals surface area contributed by atoms with Crippen LogP contribution in [0, 0.1) is 11.3 Å². The SMILES string of the molecule is C=Cc1c(/C=C\C)ccc2c1-c1ccc(-c3ccc(C(=C)/C=C(\C)C#N)cc3)cc1C21c2ccccc2-c2ccccc21. The average molecular weight is 550 g/mol. The molecule has 2 aliphatic rings. The minimum Gasteiger partial charge on any atom is -0.193 e. The van der Waals surface area contributed by atoms with Crippen molar-refractivity contribution in [3.8, 4) is 39.4 Å². The first kappa shape index (κ1) is 26.4. The first-order valence-electron chi connectivity index (χ1n) is 14.7. The van der Waals surface area contributed by atoms with Crippen LogP contribution in [0.3, 0.4) is 0 Å². The van der Waals surface area contributed by atoms with E-state index in [1.807, 2.05) is 12.2 Å². The van der Waals surface area contributed by atoms with Crippen molar-refractivity contribution in [2.45, 2.75) is 19.3 Å². The van der Waals surface area contributed by atoms with Gasteiger partial charge in [0.1, 0.15) is 0 Å². The minimum absolute atomic E-state index is 0.423. The van der Waals surface area contributed by atoms with Crippen LogP contribution in [0.25, 0.3) is 51.1 Å². The summed E-state index contributed by atoms with van der Waals surface area (Å²) >= 11 is 0. The summed E-state index contributed by atoms with van der Waals surface area (Å²) in [6.07, 6.45) is 8.13. The number of benzene rings is 5. The van der Waals surface area contributed by atoms with Gasteiger partial charge in [-0.2, -0.15) is 5.26 Å². The quantitative estimate of drug-likeness (QED) is 0.155. The maximum absolute atomic E-state index is 9.18. The van der Waals surface area contributed by atoms with E-state index in [-0.39, 0.29) is 0 Å². The normalized spacial score (nSPS) is 13.7. The molecule has 0 unspecified atom stereocenters. The standard InChI is InChI=1S/C42H31N/c1-5-11-31-21-23-39-41(33(31)6-2)36-22-20-32(30-18-16-29(17-19-30)28(4)24-27(3)26-43)25-40(36)42(39)37-14-9-7-12-34(37)35-13-8-10-15-38(35)42/h5-25H,2,4H2,1,3H3/b11-5-,27-24+. The fraction of sp³-hybridized carbons (Fsp3) is 0.0714. The molecule has 0 aliphatic heterocycles. The lowest BCUT2D eigenvalue weighted by Gasteiger charge is -2.31. The smallest absolute Gasteiger partial charge is 0.0944 e. The molecule has 1 nitrogen and oxygen atoms in total.